The molecule has 3 atom stereocenters. The molecule has 1 aliphatic carbocycles. The molecule has 0 aromatic heterocycles. The first kappa shape index (κ1) is 16.3. The lowest BCUT2D eigenvalue weighted by Gasteiger charge is -2.43. The average Bonchev–Trinajstić information content (AvgIpc) is 2.48. The van der Waals surface area contributed by atoms with Crippen LogP contribution in [0.25, 0.3) is 0 Å². The predicted octanol–water partition coefficient (Wildman–Crippen LogP) is 4.10. The van der Waals surface area contributed by atoms with Gasteiger partial charge < -0.3 is 10.1 Å². The van der Waals surface area contributed by atoms with E-state index >= 15 is 0 Å². The fraction of sp³-hybridized carbons (Fsp3) is 1.00. The van der Waals surface area contributed by atoms with Crippen molar-refractivity contribution in [3.8, 4) is 0 Å². The van der Waals surface area contributed by atoms with E-state index in [0.29, 0.717) is 0 Å². The smallest absolute Gasteiger partial charge is 0.0468 e. The Hall–Kier alpha value is -0.0800. The SMILES string of the molecule is CCCNCC1CCC(C(C)C)CC1C1CCOCC1. The van der Waals surface area contributed by atoms with Gasteiger partial charge in [0.15, 0.2) is 0 Å². The van der Waals surface area contributed by atoms with E-state index in [2.05, 4.69) is 26.1 Å². The molecule has 1 aliphatic heterocycles. The topological polar surface area (TPSA) is 21.3 Å². The number of hydrogen-bond acceptors (Lipinski definition) is 2. The molecule has 0 spiro atoms. The molecule has 2 rings (SSSR count). The van der Waals surface area contributed by atoms with Gasteiger partial charge in [-0.25, -0.2) is 0 Å². The van der Waals surface area contributed by atoms with E-state index in [0.717, 1.165) is 42.8 Å². The number of rotatable bonds is 6. The Bertz CT molecular complexity index is 260. The molecule has 0 radical (unpaired) electrons. The van der Waals surface area contributed by atoms with Crippen molar-refractivity contribution >= 4 is 0 Å². The van der Waals surface area contributed by atoms with Crippen LogP contribution < -0.4 is 5.32 Å². The van der Waals surface area contributed by atoms with Crippen molar-refractivity contribution < 1.29 is 4.74 Å². The lowest BCUT2D eigenvalue weighted by Crippen LogP contribution is -2.39. The largest absolute Gasteiger partial charge is 0.381 e. The van der Waals surface area contributed by atoms with Gasteiger partial charge in [0.25, 0.3) is 0 Å². The van der Waals surface area contributed by atoms with Crippen LogP contribution in [0.1, 0.15) is 59.3 Å². The van der Waals surface area contributed by atoms with Gasteiger partial charge in [-0.1, -0.05) is 20.8 Å². The second-order valence-corrected chi connectivity index (χ2v) is 7.40. The molecule has 2 heteroatoms. The van der Waals surface area contributed by atoms with Gasteiger partial charge in [-0.15, -0.1) is 0 Å². The van der Waals surface area contributed by atoms with Crippen LogP contribution in [-0.4, -0.2) is 26.3 Å². The Kier molecular flexibility index (Phi) is 6.83. The Balaban J connectivity index is 1.93. The molecule has 3 unspecified atom stereocenters. The molecule has 2 nitrogen and oxygen atoms in total. The fourth-order valence-electron chi connectivity index (χ4n) is 4.35. The van der Waals surface area contributed by atoms with Crippen molar-refractivity contribution in [2.75, 3.05) is 26.3 Å². The van der Waals surface area contributed by atoms with Gasteiger partial charge in [0.2, 0.25) is 0 Å². The molecule has 0 bridgehead atoms. The minimum Gasteiger partial charge on any atom is -0.381 e. The fourth-order valence-corrected chi connectivity index (χ4v) is 4.35. The van der Waals surface area contributed by atoms with Crippen molar-refractivity contribution in [1.29, 1.82) is 0 Å². The molecular weight excluding hydrogens is 246 g/mol. The van der Waals surface area contributed by atoms with Crippen molar-refractivity contribution in [2.45, 2.75) is 59.3 Å². The van der Waals surface area contributed by atoms with Crippen LogP contribution in [0, 0.1) is 29.6 Å². The summed E-state index contributed by atoms with van der Waals surface area (Å²) in [6.07, 6.45) is 8.24. The summed E-state index contributed by atoms with van der Waals surface area (Å²) in [6.45, 7) is 11.5. The summed E-state index contributed by atoms with van der Waals surface area (Å²) in [7, 11) is 0. The highest BCUT2D eigenvalue weighted by atomic mass is 16.5. The van der Waals surface area contributed by atoms with Crippen LogP contribution in [0.2, 0.25) is 0 Å². The van der Waals surface area contributed by atoms with Crippen LogP contribution in [0.15, 0.2) is 0 Å². The molecule has 20 heavy (non-hydrogen) atoms. The lowest BCUT2D eigenvalue weighted by atomic mass is 9.64. The maximum Gasteiger partial charge on any atom is 0.0468 e. The molecule has 2 fully saturated rings. The highest BCUT2D eigenvalue weighted by Gasteiger charge is 2.36. The van der Waals surface area contributed by atoms with E-state index in [9.17, 15) is 0 Å². The van der Waals surface area contributed by atoms with Gasteiger partial charge >= 0.3 is 0 Å². The molecular formula is C18H35NO. The second-order valence-electron chi connectivity index (χ2n) is 7.40. The second kappa shape index (κ2) is 8.38. The Morgan fingerprint density at radius 1 is 1.10 bits per heavy atom. The molecule has 0 aromatic carbocycles. The highest BCUT2D eigenvalue weighted by molar-refractivity contribution is 4.87. The van der Waals surface area contributed by atoms with Gasteiger partial charge in [0, 0.05) is 13.2 Å². The lowest BCUT2D eigenvalue weighted by molar-refractivity contribution is 0.00962. The maximum atomic E-state index is 5.58. The molecule has 0 amide bonds. The summed E-state index contributed by atoms with van der Waals surface area (Å²) in [5.41, 5.74) is 0. The van der Waals surface area contributed by atoms with Crippen molar-refractivity contribution in [3.05, 3.63) is 0 Å². The molecule has 2 aliphatic rings. The number of hydrogen-bond donors (Lipinski definition) is 1. The first-order valence-corrected chi connectivity index (χ1v) is 9.00. The van der Waals surface area contributed by atoms with E-state index in [1.807, 2.05) is 0 Å². The normalized spacial score (nSPS) is 32.7. The monoisotopic (exact) mass is 281 g/mol. The third kappa shape index (κ3) is 4.46. The minimum absolute atomic E-state index is 0.863. The molecule has 118 valence electrons. The van der Waals surface area contributed by atoms with E-state index in [-0.39, 0.29) is 0 Å². The summed E-state index contributed by atoms with van der Waals surface area (Å²) in [5, 5.41) is 3.69. The number of nitrogens with one attached hydrogen (secondary N) is 1. The van der Waals surface area contributed by atoms with Gasteiger partial charge in [0.05, 0.1) is 0 Å². The summed E-state index contributed by atoms with van der Waals surface area (Å²) in [4.78, 5) is 0. The van der Waals surface area contributed by atoms with Gasteiger partial charge in [-0.3, -0.25) is 0 Å². The van der Waals surface area contributed by atoms with Gasteiger partial charge in [-0.05, 0) is 81.2 Å². The van der Waals surface area contributed by atoms with Gasteiger partial charge in [0.1, 0.15) is 0 Å². The Morgan fingerprint density at radius 3 is 2.50 bits per heavy atom. The molecule has 1 heterocycles. The summed E-state index contributed by atoms with van der Waals surface area (Å²) >= 11 is 0. The third-order valence-electron chi connectivity index (χ3n) is 5.74. The first-order valence-electron chi connectivity index (χ1n) is 9.00. The Morgan fingerprint density at radius 2 is 1.85 bits per heavy atom. The zero-order chi connectivity index (χ0) is 14.4. The van der Waals surface area contributed by atoms with Crippen LogP contribution >= 0.6 is 0 Å². The van der Waals surface area contributed by atoms with E-state index in [1.54, 1.807) is 0 Å². The summed E-state index contributed by atoms with van der Waals surface area (Å²) < 4.78 is 5.58. The standard InChI is InChI=1S/C18H35NO/c1-4-9-19-13-17-6-5-16(14(2)3)12-18(17)15-7-10-20-11-8-15/h14-19H,4-13H2,1-3H3. The minimum atomic E-state index is 0.863. The summed E-state index contributed by atoms with van der Waals surface area (Å²) in [5.74, 6) is 4.62. The molecule has 0 aromatic rings. The van der Waals surface area contributed by atoms with Crippen LogP contribution in [0.3, 0.4) is 0 Å². The van der Waals surface area contributed by atoms with E-state index in [1.165, 1.54) is 51.6 Å². The zero-order valence-corrected chi connectivity index (χ0v) is 13.9. The van der Waals surface area contributed by atoms with Crippen LogP contribution in [-0.2, 0) is 4.74 Å². The van der Waals surface area contributed by atoms with Crippen molar-refractivity contribution in [3.63, 3.8) is 0 Å². The first-order chi connectivity index (χ1) is 9.72. The summed E-state index contributed by atoms with van der Waals surface area (Å²) in [6, 6.07) is 0. The van der Waals surface area contributed by atoms with E-state index in [4.69, 9.17) is 4.74 Å². The third-order valence-corrected chi connectivity index (χ3v) is 5.74. The predicted molar refractivity (Wildman–Crippen MR) is 85.9 cm³/mol. The van der Waals surface area contributed by atoms with Crippen LogP contribution in [0.4, 0.5) is 0 Å². The number of ether oxygens (including phenoxy) is 1. The zero-order valence-electron chi connectivity index (χ0n) is 13.9. The van der Waals surface area contributed by atoms with Gasteiger partial charge in [-0.2, -0.15) is 0 Å². The molecule has 1 saturated carbocycles. The van der Waals surface area contributed by atoms with E-state index < -0.39 is 0 Å². The molecule has 1 N–H and O–H groups in total. The average molecular weight is 281 g/mol. The van der Waals surface area contributed by atoms with Crippen LogP contribution in [0.5, 0.6) is 0 Å². The Labute approximate surface area is 126 Å². The molecule has 1 saturated heterocycles. The highest BCUT2D eigenvalue weighted by Crippen LogP contribution is 2.43. The van der Waals surface area contributed by atoms with Crippen molar-refractivity contribution in [1.82, 2.24) is 5.32 Å². The quantitative estimate of drug-likeness (QED) is 0.740. The maximum absolute atomic E-state index is 5.58. The van der Waals surface area contributed by atoms with Crippen molar-refractivity contribution in [2.24, 2.45) is 29.6 Å².